The van der Waals surface area contributed by atoms with Gasteiger partial charge in [-0.05, 0) is 40.6 Å². The molecule has 0 bridgehead atoms. The maximum absolute atomic E-state index is 4.07. The van der Waals surface area contributed by atoms with Gasteiger partial charge in [0.05, 0.1) is 5.70 Å². The summed E-state index contributed by atoms with van der Waals surface area (Å²) in [6.07, 6.45) is 8.67. The number of aliphatic imine (C=N–C) groups is 1. The Hall–Kier alpha value is -1.20. The van der Waals surface area contributed by atoms with E-state index in [4.69, 9.17) is 0 Å². The molecule has 0 amide bonds. The lowest BCUT2D eigenvalue weighted by molar-refractivity contribution is 0.906. The molecule has 0 atom stereocenters. The van der Waals surface area contributed by atoms with Crippen molar-refractivity contribution >= 4 is 34.2 Å². The lowest BCUT2D eigenvalue weighted by atomic mass is 10.4. The van der Waals surface area contributed by atoms with E-state index in [0.717, 1.165) is 9.40 Å². The van der Waals surface area contributed by atoms with Crippen LogP contribution in [0, 0.1) is 0 Å². The average Bonchev–Trinajstić information content (AvgIpc) is 2.56. The van der Waals surface area contributed by atoms with E-state index in [1.54, 1.807) is 17.1 Å². The molecule has 1 aromatic rings. The molecule has 0 saturated heterocycles. The van der Waals surface area contributed by atoms with E-state index in [-0.39, 0.29) is 0 Å². The number of allylic oxidation sites excluding steroid dienone is 4. The Morgan fingerprint density at radius 2 is 2.38 bits per heavy atom. The van der Waals surface area contributed by atoms with Gasteiger partial charge in [-0.3, -0.25) is 0 Å². The van der Waals surface area contributed by atoms with Gasteiger partial charge < -0.3 is 0 Å². The maximum atomic E-state index is 4.07. The standard InChI is InChI=1S/C8H5IN4/c9-8-7(3-1-2-4-11-8)13-6-10-5-12-13/h1-3,5-6H. The summed E-state index contributed by atoms with van der Waals surface area (Å²) in [4.78, 5) is 7.94. The van der Waals surface area contributed by atoms with E-state index in [1.165, 1.54) is 6.33 Å². The summed E-state index contributed by atoms with van der Waals surface area (Å²) in [5.74, 6) is 2.78. The van der Waals surface area contributed by atoms with Crippen LogP contribution in [0.15, 0.2) is 39.6 Å². The van der Waals surface area contributed by atoms with E-state index >= 15 is 0 Å². The summed E-state index contributed by atoms with van der Waals surface area (Å²) in [6, 6.07) is 0. The molecule has 2 rings (SSSR count). The fraction of sp³-hybridized carbons (Fsp3) is 0. The predicted molar refractivity (Wildman–Crippen MR) is 58.4 cm³/mol. The van der Waals surface area contributed by atoms with Crippen molar-refractivity contribution in [3.8, 4) is 0 Å². The van der Waals surface area contributed by atoms with Gasteiger partial charge >= 0.3 is 0 Å². The zero-order valence-electron chi connectivity index (χ0n) is 6.55. The fourth-order valence-corrected chi connectivity index (χ4v) is 1.47. The highest BCUT2D eigenvalue weighted by Gasteiger charge is 2.03. The number of hydrogen-bond acceptors (Lipinski definition) is 3. The van der Waals surface area contributed by atoms with Crippen molar-refractivity contribution in [2.24, 2.45) is 4.99 Å². The van der Waals surface area contributed by atoms with Gasteiger partial charge in [0.2, 0.25) is 0 Å². The van der Waals surface area contributed by atoms with E-state index < -0.39 is 0 Å². The van der Waals surface area contributed by atoms with Crippen LogP contribution in [0.3, 0.4) is 0 Å². The average molecular weight is 284 g/mol. The molecule has 0 spiro atoms. The second-order valence-electron chi connectivity index (χ2n) is 2.28. The number of hydrogen-bond donors (Lipinski definition) is 0. The molecule has 1 aliphatic heterocycles. The van der Waals surface area contributed by atoms with Crippen LogP contribution in [0.5, 0.6) is 0 Å². The molecule has 4 nitrogen and oxygen atoms in total. The van der Waals surface area contributed by atoms with Gasteiger partial charge in [-0.2, -0.15) is 10.1 Å². The van der Waals surface area contributed by atoms with Gasteiger partial charge in [-0.25, -0.2) is 9.67 Å². The van der Waals surface area contributed by atoms with Gasteiger partial charge in [-0.15, -0.1) is 0 Å². The molecule has 0 fully saturated rings. The first-order chi connectivity index (χ1) is 6.38. The van der Waals surface area contributed by atoms with E-state index in [1.807, 2.05) is 12.2 Å². The smallest absolute Gasteiger partial charge is 0.138 e. The summed E-state index contributed by atoms with van der Waals surface area (Å²) >= 11 is 2.14. The zero-order valence-corrected chi connectivity index (χ0v) is 8.71. The summed E-state index contributed by atoms with van der Waals surface area (Å²) < 4.78 is 2.51. The first-order valence-electron chi connectivity index (χ1n) is 3.59. The first kappa shape index (κ1) is 8.40. The minimum absolute atomic E-state index is 0.841. The molecule has 0 saturated carbocycles. The third-order valence-electron chi connectivity index (χ3n) is 1.46. The Morgan fingerprint density at radius 3 is 3.15 bits per heavy atom. The van der Waals surface area contributed by atoms with E-state index in [2.05, 4.69) is 43.5 Å². The number of rotatable bonds is 1. The molecular formula is C8H5IN4. The van der Waals surface area contributed by atoms with Crippen molar-refractivity contribution in [1.82, 2.24) is 14.8 Å². The molecule has 0 aromatic carbocycles. The third-order valence-corrected chi connectivity index (χ3v) is 2.26. The predicted octanol–water partition coefficient (Wildman–Crippen LogP) is 1.63. The van der Waals surface area contributed by atoms with Crippen LogP contribution in [0.4, 0.5) is 0 Å². The topological polar surface area (TPSA) is 43.1 Å². The molecule has 13 heavy (non-hydrogen) atoms. The van der Waals surface area contributed by atoms with Crippen molar-refractivity contribution in [1.29, 1.82) is 0 Å². The summed E-state index contributed by atoms with van der Waals surface area (Å²) in [7, 11) is 0. The largest absolute Gasteiger partial charge is 0.223 e. The Balaban J connectivity index is 2.50. The lowest BCUT2D eigenvalue weighted by Crippen LogP contribution is -1.95. The molecule has 0 N–H and O–H groups in total. The lowest BCUT2D eigenvalue weighted by Gasteiger charge is -2.00. The van der Waals surface area contributed by atoms with Crippen molar-refractivity contribution in [3.05, 3.63) is 34.6 Å². The number of nitrogens with zero attached hydrogens (tertiary/aromatic N) is 4. The summed E-state index contributed by atoms with van der Waals surface area (Å²) in [5, 5.41) is 4.02. The molecule has 0 aliphatic carbocycles. The van der Waals surface area contributed by atoms with Gasteiger partial charge in [-0.1, -0.05) is 6.08 Å². The van der Waals surface area contributed by atoms with Crippen molar-refractivity contribution in [3.63, 3.8) is 0 Å². The zero-order chi connectivity index (χ0) is 9.10. The van der Waals surface area contributed by atoms with Crippen LogP contribution in [-0.4, -0.2) is 20.6 Å². The summed E-state index contributed by atoms with van der Waals surface area (Å²) in [5.41, 5.74) is 0.902. The van der Waals surface area contributed by atoms with Crippen molar-refractivity contribution < 1.29 is 0 Å². The van der Waals surface area contributed by atoms with E-state index in [9.17, 15) is 0 Å². The molecule has 1 aliphatic rings. The molecule has 5 heteroatoms. The van der Waals surface area contributed by atoms with E-state index in [0.29, 0.717) is 0 Å². The Kier molecular flexibility index (Phi) is 2.37. The molecule has 2 heterocycles. The van der Waals surface area contributed by atoms with Crippen molar-refractivity contribution in [2.75, 3.05) is 0 Å². The molecule has 0 unspecified atom stereocenters. The van der Waals surface area contributed by atoms with Gasteiger partial charge in [0.1, 0.15) is 16.4 Å². The molecule has 0 radical (unpaired) electrons. The minimum Gasteiger partial charge on any atom is -0.223 e. The SMILES string of the molecule is IC1=C(n2cncn2)C=CC=C=N1. The number of halogens is 1. The highest BCUT2D eigenvalue weighted by atomic mass is 127. The Morgan fingerprint density at radius 1 is 1.46 bits per heavy atom. The highest BCUT2D eigenvalue weighted by molar-refractivity contribution is 14.1. The Labute approximate surface area is 88.5 Å². The first-order valence-corrected chi connectivity index (χ1v) is 4.67. The number of aromatic nitrogens is 3. The van der Waals surface area contributed by atoms with Gasteiger partial charge in [0.15, 0.2) is 0 Å². The highest BCUT2D eigenvalue weighted by Crippen LogP contribution is 2.19. The second-order valence-corrected chi connectivity index (χ2v) is 3.30. The maximum Gasteiger partial charge on any atom is 0.138 e. The summed E-state index contributed by atoms with van der Waals surface area (Å²) in [6.45, 7) is 0. The van der Waals surface area contributed by atoms with Gasteiger partial charge in [0, 0.05) is 0 Å². The Bertz CT molecular complexity index is 421. The molecule has 64 valence electrons. The minimum atomic E-state index is 0.841. The van der Waals surface area contributed by atoms with Crippen LogP contribution in [-0.2, 0) is 0 Å². The quantitative estimate of drug-likeness (QED) is 0.581. The fourth-order valence-electron chi connectivity index (χ4n) is 0.906. The van der Waals surface area contributed by atoms with Crippen molar-refractivity contribution in [2.45, 2.75) is 0 Å². The third kappa shape index (κ3) is 1.76. The van der Waals surface area contributed by atoms with Gasteiger partial charge in [0.25, 0.3) is 0 Å². The normalized spacial score (nSPS) is 15.2. The molecule has 1 aromatic heterocycles. The van der Waals surface area contributed by atoms with Crippen LogP contribution < -0.4 is 0 Å². The van der Waals surface area contributed by atoms with Crippen LogP contribution >= 0.6 is 22.6 Å². The monoisotopic (exact) mass is 284 g/mol. The van der Waals surface area contributed by atoms with Crippen LogP contribution in [0.2, 0.25) is 0 Å². The molecular weight excluding hydrogens is 279 g/mol. The second kappa shape index (κ2) is 3.68. The van der Waals surface area contributed by atoms with Crippen LogP contribution in [0.1, 0.15) is 0 Å². The van der Waals surface area contributed by atoms with Crippen LogP contribution in [0.25, 0.3) is 5.70 Å².